The van der Waals surface area contributed by atoms with Crippen LogP contribution in [0.4, 0.5) is 5.69 Å². The lowest BCUT2D eigenvalue weighted by Gasteiger charge is -2.28. The van der Waals surface area contributed by atoms with Crippen molar-refractivity contribution in [2.24, 2.45) is 0 Å². The molecule has 0 radical (unpaired) electrons. The number of anilines is 1. The van der Waals surface area contributed by atoms with Crippen LogP contribution in [0.3, 0.4) is 0 Å². The van der Waals surface area contributed by atoms with Gasteiger partial charge in [-0.2, -0.15) is 4.31 Å². The summed E-state index contributed by atoms with van der Waals surface area (Å²) in [6.07, 6.45) is 0. The van der Waals surface area contributed by atoms with E-state index in [9.17, 15) is 18.0 Å². The molecule has 1 fully saturated rings. The van der Waals surface area contributed by atoms with Gasteiger partial charge in [0.15, 0.2) is 6.61 Å². The molecule has 2 aromatic carbocycles. The van der Waals surface area contributed by atoms with Crippen molar-refractivity contribution in [3.63, 3.8) is 0 Å². The van der Waals surface area contributed by atoms with E-state index < -0.39 is 22.6 Å². The molecule has 9 nitrogen and oxygen atoms in total. The van der Waals surface area contributed by atoms with Gasteiger partial charge in [-0.25, -0.2) is 13.2 Å². The Morgan fingerprint density at radius 3 is 2.61 bits per heavy atom. The molecule has 4 rings (SSSR count). The molecular weight excluding hydrogens is 468 g/mol. The van der Waals surface area contributed by atoms with Crippen molar-refractivity contribution >= 4 is 39.3 Å². The zero-order valence-corrected chi connectivity index (χ0v) is 19.7. The largest absolute Gasteiger partial charge is 0.495 e. The molecule has 0 atom stereocenters. The SMILES string of the molecule is COc1ccc(C(=O)OCC(=O)N2CCSc3ccccc32)cc1S(=O)(=O)N1CCOCC1. The predicted molar refractivity (Wildman–Crippen MR) is 122 cm³/mol. The van der Waals surface area contributed by atoms with Gasteiger partial charge in [0.2, 0.25) is 10.0 Å². The number of para-hydroxylation sites is 1. The van der Waals surface area contributed by atoms with Gasteiger partial charge in [-0.1, -0.05) is 12.1 Å². The minimum absolute atomic E-state index is 0.0186. The van der Waals surface area contributed by atoms with Crippen molar-refractivity contribution in [1.29, 1.82) is 0 Å². The summed E-state index contributed by atoms with van der Waals surface area (Å²) in [6.45, 7) is 1.08. The lowest BCUT2D eigenvalue weighted by Crippen LogP contribution is -2.40. The van der Waals surface area contributed by atoms with Gasteiger partial charge in [0.25, 0.3) is 5.91 Å². The van der Waals surface area contributed by atoms with Crippen molar-refractivity contribution in [3.8, 4) is 5.75 Å². The summed E-state index contributed by atoms with van der Waals surface area (Å²) in [4.78, 5) is 27.9. The summed E-state index contributed by atoms with van der Waals surface area (Å²) >= 11 is 1.67. The maximum absolute atomic E-state index is 13.1. The molecule has 0 saturated carbocycles. The number of hydrogen-bond acceptors (Lipinski definition) is 8. The molecule has 33 heavy (non-hydrogen) atoms. The molecule has 0 N–H and O–H groups in total. The fourth-order valence-corrected chi connectivity index (χ4v) is 6.23. The molecular formula is C22H24N2O7S2. The van der Waals surface area contributed by atoms with E-state index in [2.05, 4.69) is 0 Å². The van der Waals surface area contributed by atoms with Crippen molar-refractivity contribution in [2.45, 2.75) is 9.79 Å². The van der Waals surface area contributed by atoms with Crippen molar-refractivity contribution in [1.82, 2.24) is 4.31 Å². The summed E-state index contributed by atoms with van der Waals surface area (Å²) in [5.41, 5.74) is 0.808. The second-order valence-corrected chi connectivity index (χ2v) is 10.4. The maximum atomic E-state index is 13.1. The summed E-state index contributed by atoms with van der Waals surface area (Å²) in [5, 5.41) is 0. The van der Waals surface area contributed by atoms with Crippen LogP contribution < -0.4 is 9.64 Å². The number of carbonyl (C=O) groups excluding carboxylic acids is 2. The number of morpholine rings is 1. The Labute approximate surface area is 196 Å². The third kappa shape index (κ3) is 5.01. The van der Waals surface area contributed by atoms with E-state index >= 15 is 0 Å². The first-order valence-corrected chi connectivity index (χ1v) is 12.8. The molecule has 0 spiro atoms. The summed E-state index contributed by atoms with van der Waals surface area (Å²) in [6, 6.07) is 11.6. The number of fused-ring (bicyclic) bond motifs is 1. The summed E-state index contributed by atoms with van der Waals surface area (Å²) in [7, 11) is -2.54. The first-order chi connectivity index (χ1) is 15.9. The smallest absolute Gasteiger partial charge is 0.338 e. The molecule has 1 saturated heterocycles. The third-order valence-corrected chi connectivity index (χ3v) is 8.31. The molecule has 176 valence electrons. The molecule has 0 unspecified atom stereocenters. The summed E-state index contributed by atoms with van der Waals surface area (Å²) < 4.78 is 43.2. The fraction of sp³-hybridized carbons (Fsp3) is 0.364. The highest BCUT2D eigenvalue weighted by atomic mass is 32.2. The maximum Gasteiger partial charge on any atom is 0.338 e. The number of sulfonamides is 1. The number of benzene rings is 2. The van der Waals surface area contributed by atoms with E-state index in [1.54, 1.807) is 16.7 Å². The Morgan fingerprint density at radius 2 is 1.85 bits per heavy atom. The fourth-order valence-electron chi connectivity index (χ4n) is 3.65. The molecule has 2 heterocycles. The van der Waals surface area contributed by atoms with Crippen LogP contribution in [-0.2, 0) is 24.3 Å². The molecule has 0 aliphatic carbocycles. The highest BCUT2D eigenvalue weighted by molar-refractivity contribution is 7.99. The number of esters is 1. The lowest BCUT2D eigenvalue weighted by molar-refractivity contribution is -0.121. The predicted octanol–water partition coefficient (Wildman–Crippen LogP) is 2.01. The molecule has 2 aromatic rings. The molecule has 1 amide bonds. The average molecular weight is 493 g/mol. The number of hydrogen-bond donors (Lipinski definition) is 0. The number of ether oxygens (including phenoxy) is 3. The number of rotatable bonds is 6. The van der Waals surface area contributed by atoms with Crippen LogP contribution in [0.15, 0.2) is 52.3 Å². The monoisotopic (exact) mass is 492 g/mol. The Bertz CT molecular complexity index is 1150. The quantitative estimate of drug-likeness (QED) is 0.565. The number of nitrogens with zero attached hydrogens (tertiary/aromatic N) is 2. The van der Waals surface area contributed by atoms with Crippen molar-refractivity contribution < 1.29 is 32.2 Å². The molecule has 2 aliphatic heterocycles. The van der Waals surface area contributed by atoms with E-state index in [4.69, 9.17) is 14.2 Å². The Morgan fingerprint density at radius 1 is 1.09 bits per heavy atom. The van der Waals surface area contributed by atoms with Gasteiger partial charge in [0, 0.05) is 30.3 Å². The molecule has 11 heteroatoms. The van der Waals surface area contributed by atoms with E-state index in [1.807, 2.05) is 24.3 Å². The first-order valence-electron chi connectivity index (χ1n) is 10.4. The Balaban J connectivity index is 1.49. The van der Waals surface area contributed by atoms with Gasteiger partial charge >= 0.3 is 5.97 Å². The molecule has 2 aliphatic rings. The van der Waals surface area contributed by atoms with E-state index in [0.29, 0.717) is 19.8 Å². The Kier molecular flexibility index (Phi) is 7.23. The van der Waals surface area contributed by atoms with Crippen LogP contribution in [0.25, 0.3) is 0 Å². The zero-order valence-electron chi connectivity index (χ0n) is 18.1. The number of methoxy groups -OCH3 is 1. The average Bonchev–Trinajstić information content (AvgIpc) is 2.86. The van der Waals surface area contributed by atoms with Gasteiger partial charge in [-0.15, -0.1) is 11.8 Å². The highest BCUT2D eigenvalue weighted by Gasteiger charge is 2.30. The minimum atomic E-state index is -3.90. The van der Waals surface area contributed by atoms with Crippen LogP contribution in [0, 0.1) is 0 Å². The number of thioether (sulfide) groups is 1. The van der Waals surface area contributed by atoms with Crippen LogP contribution in [0.1, 0.15) is 10.4 Å². The highest BCUT2D eigenvalue weighted by Crippen LogP contribution is 2.34. The second kappa shape index (κ2) is 10.1. The molecule has 0 bridgehead atoms. The lowest BCUT2D eigenvalue weighted by atomic mass is 10.2. The van der Waals surface area contributed by atoms with Gasteiger partial charge in [-0.05, 0) is 30.3 Å². The summed E-state index contributed by atoms with van der Waals surface area (Å²) in [5.74, 6) is -0.260. The van der Waals surface area contributed by atoms with Gasteiger partial charge in [-0.3, -0.25) is 4.79 Å². The van der Waals surface area contributed by atoms with Crippen molar-refractivity contribution in [2.75, 3.05) is 57.2 Å². The van der Waals surface area contributed by atoms with Crippen molar-refractivity contribution in [3.05, 3.63) is 48.0 Å². The van der Waals surface area contributed by atoms with Gasteiger partial charge < -0.3 is 19.1 Å². The Hall–Kier alpha value is -2.60. The van der Waals surface area contributed by atoms with E-state index in [0.717, 1.165) is 16.3 Å². The first kappa shape index (κ1) is 23.6. The van der Waals surface area contributed by atoms with Gasteiger partial charge in [0.05, 0.1) is 31.6 Å². The van der Waals surface area contributed by atoms with Crippen LogP contribution >= 0.6 is 11.8 Å². The number of amides is 1. The minimum Gasteiger partial charge on any atom is -0.495 e. The van der Waals surface area contributed by atoms with Crippen LogP contribution in [0.5, 0.6) is 5.75 Å². The van der Waals surface area contributed by atoms with Crippen LogP contribution in [-0.4, -0.2) is 76.9 Å². The van der Waals surface area contributed by atoms with Crippen LogP contribution in [0.2, 0.25) is 0 Å². The zero-order chi connectivity index (χ0) is 23.4. The van der Waals surface area contributed by atoms with E-state index in [1.165, 1.54) is 29.6 Å². The topological polar surface area (TPSA) is 102 Å². The molecule has 0 aromatic heterocycles. The van der Waals surface area contributed by atoms with E-state index in [-0.39, 0.29) is 35.2 Å². The normalized spacial score (nSPS) is 16.7. The van der Waals surface area contributed by atoms with Gasteiger partial charge in [0.1, 0.15) is 10.6 Å². The standard InChI is InChI=1S/C22H24N2O7S2/c1-29-18-7-6-16(14-20(18)33(27,28)23-8-11-30-12-9-23)22(26)31-15-21(25)24-10-13-32-19-5-3-2-4-17(19)24/h2-7,14H,8-13,15H2,1H3. The number of carbonyl (C=O) groups is 2. The third-order valence-electron chi connectivity index (χ3n) is 5.34. The second-order valence-electron chi connectivity index (χ2n) is 7.32.